The van der Waals surface area contributed by atoms with Gasteiger partial charge in [-0.2, -0.15) is 0 Å². The van der Waals surface area contributed by atoms with Crippen LogP contribution in [0.4, 0.5) is 0 Å². The first-order valence-corrected chi connectivity index (χ1v) is 26.0. The number of likely N-dealkylation sites (N-methyl/N-ethyl adjacent to an activating group) is 1. The molecule has 0 N–H and O–H groups in total. The molecule has 0 aromatic carbocycles. The van der Waals surface area contributed by atoms with Crippen molar-refractivity contribution in [2.24, 2.45) is 0 Å². The Morgan fingerprint density at radius 2 is 0.862 bits per heavy atom. The first kappa shape index (κ1) is 54.8. The summed E-state index contributed by atoms with van der Waals surface area (Å²) in [5.74, 6) is 0.0338. The fraction of sp³-hybridized carbons (Fsp3) is 0.961. The lowest BCUT2D eigenvalue weighted by atomic mass is 10.0. The molecule has 0 aliphatic carbocycles. The van der Waals surface area contributed by atoms with Crippen molar-refractivity contribution in [3.8, 4) is 0 Å². The molecule has 0 radical (unpaired) electrons. The van der Waals surface area contributed by atoms with E-state index in [2.05, 4.69) is 42.5 Å². The Hall–Kier alpha value is -1.18. The van der Waals surface area contributed by atoms with E-state index in [-0.39, 0.29) is 18.0 Å². The van der Waals surface area contributed by atoms with Crippen molar-refractivity contribution in [2.75, 3.05) is 66.0 Å². The molecule has 1 aliphatic heterocycles. The van der Waals surface area contributed by atoms with Crippen LogP contribution in [0.1, 0.15) is 245 Å². The second-order valence-electron chi connectivity index (χ2n) is 18.3. The number of rotatable bonds is 44. The summed E-state index contributed by atoms with van der Waals surface area (Å²) >= 11 is 0. The number of piperazine rings is 1. The molecular formula is C51H101N3O4. The van der Waals surface area contributed by atoms with Crippen LogP contribution in [0.5, 0.6) is 0 Å². The van der Waals surface area contributed by atoms with Crippen LogP contribution in [0.3, 0.4) is 0 Å². The molecular weight excluding hydrogens is 719 g/mol. The zero-order chi connectivity index (χ0) is 42.0. The third kappa shape index (κ3) is 36.7. The summed E-state index contributed by atoms with van der Waals surface area (Å²) in [5, 5.41) is 0. The van der Waals surface area contributed by atoms with Crippen LogP contribution in [0.2, 0.25) is 0 Å². The lowest BCUT2D eigenvalue weighted by molar-refractivity contribution is -0.150. The Morgan fingerprint density at radius 3 is 1.38 bits per heavy atom. The molecule has 1 heterocycles. The third-order valence-corrected chi connectivity index (χ3v) is 12.6. The maximum atomic E-state index is 12.9. The number of hydrogen-bond acceptors (Lipinski definition) is 7. The predicted octanol–water partition coefficient (Wildman–Crippen LogP) is 13.7. The summed E-state index contributed by atoms with van der Waals surface area (Å²) in [6, 6.07) is 0. The topological polar surface area (TPSA) is 62.3 Å². The summed E-state index contributed by atoms with van der Waals surface area (Å²) in [5.41, 5.74) is 0. The van der Waals surface area contributed by atoms with E-state index in [4.69, 9.17) is 9.47 Å². The van der Waals surface area contributed by atoms with Gasteiger partial charge in [-0.1, -0.05) is 162 Å². The lowest BCUT2D eigenvalue weighted by Gasteiger charge is -2.32. The minimum atomic E-state index is -0.00487. The van der Waals surface area contributed by atoms with Gasteiger partial charge in [0.25, 0.3) is 0 Å². The molecule has 58 heavy (non-hydrogen) atoms. The Balaban J connectivity index is 2.30. The van der Waals surface area contributed by atoms with Gasteiger partial charge in [-0.15, -0.1) is 0 Å². The zero-order valence-electron chi connectivity index (χ0n) is 39.7. The number of carbonyl (C=O) groups excluding carboxylic acids is 2. The van der Waals surface area contributed by atoms with E-state index in [1.165, 1.54) is 200 Å². The van der Waals surface area contributed by atoms with Crippen molar-refractivity contribution in [3.63, 3.8) is 0 Å². The summed E-state index contributed by atoms with van der Waals surface area (Å²) in [4.78, 5) is 33.0. The van der Waals surface area contributed by atoms with E-state index in [0.717, 1.165) is 64.5 Å². The van der Waals surface area contributed by atoms with Crippen LogP contribution >= 0.6 is 0 Å². The molecule has 0 amide bonds. The quantitative estimate of drug-likeness (QED) is 0.0448. The number of unbranched alkanes of at least 4 members (excludes halogenated alkanes) is 25. The summed E-state index contributed by atoms with van der Waals surface area (Å²) < 4.78 is 11.6. The van der Waals surface area contributed by atoms with Gasteiger partial charge in [0.1, 0.15) is 6.10 Å². The highest BCUT2D eigenvalue weighted by atomic mass is 16.5. The Labute approximate surface area is 362 Å². The highest BCUT2D eigenvalue weighted by molar-refractivity contribution is 5.69. The molecule has 0 bridgehead atoms. The maximum absolute atomic E-state index is 12.9. The van der Waals surface area contributed by atoms with E-state index in [9.17, 15) is 9.59 Å². The van der Waals surface area contributed by atoms with Gasteiger partial charge in [-0.05, 0) is 104 Å². The minimum absolute atomic E-state index is 0.00487. The first-order chi connectivity index (χ1) is 28.5. The number of ether oxygens (including phenoxy) is 2. The Kier molecular flexibility index (Phi) is 40.2. The largest absolute Gasteiger partial charge is 0.466 e. The van der Waals surface area contributed by atoms with Crippen LogP contribution in [-0.2, 0) is 19.1 Å². The molecule has 0 aromatic heterocycles. The van der Waals surface area contributed by atoms with E-state index < -0.39 is 0 Å². The van der Waals surface area contributed by atoms with E-state index in [0.29, 0.717) is 19.4 Å². The Bertz CT molecular complexity index is 864. The van der Waals surface area contributed by atoms with Gasteiger partial charge in [0, 0.05) is 39.0 Å². The molecule has 1 rings (SSSR count). The van der Waals surface area contributed by atoms with Crippen molar-refractivity contribution in [1.82, 2.24) is 14.7 Å². The lowest BCUT2D eigenvalue weighted by Crippen LogP contribution is -2.44. The highest BCUT2D eigenvalue weighted by Gasteiger charge is 2.15. The fourth-order valence-electron chi connectivity index (χ4n) is 8.48. The van der Waals surface area contributed by atoms with Crippen LogP contribution in [-0.4, -0.2) is 98.8 Å². The van der Waals surface area contributed by atoms with Gasteiger partial charge in [0.05, 0.1) is 6.61 Å². The molecule has 0 unspecified atom stereocenters. The molecule has 1 aliphatic rings. The number of nitrogens with zero attached hydrogens (tertiary/aromatic N) is 3. The van der Waals surface area contributed by atoms with Crippen molar-refractivity contribution >= 4 is 11.9 Å². The molecule has 7 nitrogen and oxygen atoms in total. The van der Waals surface area contributed by atoms with E-state index in [1.807, 2.05) is 0 Å². The maximum Gasteiger partial charge on any atom is 0.306 e. The molecule has 0 aromatic rings. The Morgan fingerprint density at radius 1 is 0.466 bits per heavy atom. The third-order valence-electron chi connectivity index (χ3n) is 12.6. The molecule has 1 saturated heterocycles. The van der Waals surface area contributed by atoms with Crippen LogP contribution in [0.25, 0.3) is 0 Å². The first-order valence-electron chi connectivity index (χ1n) is 26.0. The summed E-state index contributed by atoms with van der Waals surface area (Å²) in [6.07, 6.45) is 41.9. The van der Waals surface area contributed by atoms with E-state index in [1.54, 1.807) is 0 Å². The monoisotopic (exact) mass is 820 g/mol. The predicted molar refractivity (Wildman–Crippen MR) is 250 cm³/mol. The van der Waals surface area contributed by atoms with Crippen molar-refractivity contribution < 1.29 is 19.1 Å². The molecule has 0 spiro atoms. The standard InChI is InChI=1S/C51H101N3O4/c1-5-8-11-14-17-18-19-25-35-48-57-50(55)38-30-26-32-41-53(42-33-34-43-54-46-44-52(4)45-47-54)40-31-24-20-23-29-39-51(56)58-49(36-27-21-15-12-9-6-2)37-28-22-16-13-10-7-3/h49H,5-48H2,1-4H3. The van der Waals surface area contributed by atoms with Crippen molar-refractivity contribution in [2.45, 2.75) is 252 Å². The van der Waals surface area contributed by atoms with Gasteiger partial charge >= 0.3 is 11.9 Å². The number of carbonyl (C=O) groups is 2. The van der Waals surface area contributed by atoms with Gasteiger partial charge in [-0.25, -0.2) is 0 Å². The van der Waals surface area contributed by atoms with Crippen molar-refractivity contribution in [3.05, 3.63) is 0 Å². The smallest absolute Gasteiger partial charge is 0.306 e. The SMILES string of the molecule is CCCCCCCCCCCOC(=O)CCCCCN(CCCCCCCC(=O)OC(CCCCCCCC)CCCCCCCC)CCCCN1CCN(C)CC1. The zero-order valence-corrected chi connectivity index (χ0v) is 39.7. The van der Waals surface area contributed by atoms with Crippen LogP contribution < -0.4 is 0 Å². The van der Waals surface area contributed by atoms with Gasteiger partial charge in [-0.3, -0.25) is 9.59 Å². The molecule has 0 saturated carbocycles. The van der Waals surface area contributed by atoms with Crippen LogP contribution in [0, 0.1) is 0 Å². The average molecular weight is 820 g/mol. The highest BCUT2D eigenvalue weighted by Crippen LogP contribution is 2.19. The normalized spacial score (nSPS) is 13.9. The number of hydrogen-bond donors (Lipinski definition) is 0. The fourth-order valence-corrected chi connectivity index (χ4v) is 8.48. The minimum Gasteiger partial charge on any atom is -0.466 e. The summed E-state index contributed by atoms with van der Waals surface area (Å²) in [7, 11) is 2.23. The molecule has 0 atom stereocenters. The molecule has 7 heteroatoms. The average Bonchev–Trinajstić information content (AvgIpc) is 3.22. The van der Waals surface area contributed by atoms with Gasteiger partial charge in [0.2, 0.25) is 0 Å². The van der Waals surface area contributed by atoms with Gasteiger partial charge < -0.3 is 24.2 Å². The van der Waals surface area contributed by atoms with Gasteiger partial charge in [0.15, 0.2) is 0 Å². The summed E-state index contributed by atoms with van der Waals surface area (Å²) in [6.45, 7) is 16.9. The van der Waals surface area contributed by atoms with Crippen LogP contribution in [0.15, 0.2) is 0 Å². The molecule has 1 fully saturated rings. The van der Waals surface area contributed by atoms with Crippen molar-refractivity contribution in [1.29, 1.82) is 0 Å². The molecule has 344 valence electrons. The second kappa shape index (κ2) is 42.5. The number of esters is 2. The van der Waals surface area contributed by atoms with E-state index >= 15 is 0 Å². The second-order valence-corrected chi connectivity index (χ2v) is 18.3.